The summed E-state index contributed by atoms with van der Waals surface area (Å²) in [5.41, 5.74) is 1.74. The van der Waals surface area contributed by atoms with Gasteiger partial charge in [-0.15, -0.1) is 22.7 Å². The van der Waals surface area contributed by atoms with Crippen LogP contribution in [0, 0.1) is 0 Å². The highest BCUT2D eigenvalue weighted by atomic mass is 32.1. The van der Waals surface area contributed by atoms with Crippen molar-refractivity contribution in [2.24, 2.45) is 0 Å². The Labute approximate surface area is 212 Å². The number of nitrogens with zero attached hydrogens (tertiary/aromatic N) is 3. The Morgan fingerprint density at radius 3 is 2.53 bits per heavy atom. The number of aliphatic hydroxyl groups excluding tert-OH is 2. The van der Waals surface area contributed by atoms with Crippen molar-refractivity contribution in [1.82, 2.24) is 14.9 Å². The average molecular weight is 542 g/mol. The van der Waals surface area contributed by atoms with Crippen molar-refractivity contribution in [3.63, 3.8) is 0 Å². The van der Waals surface area contributed by atoms with Crippen molar-refractivity contribution in [3.05, 3.63) is 57.0 Å². The maximum Gasteiger partial charge on any atom is 0.422 e. The molecule has 13 heteroatoms. The first kappa shape index (κ1) is 26.2. The van der Waals surface area contributed by atoms with Crippen molar-refractivity contribution in [2.45, 2.75) is 44.2 Å². The Morgan fingerprint density at radius 1 is 1.11 bits per heavy atom. The topological polar surface area (TPSA) is 113 Å². The maximum atomic E-state index is 13.2. The van der Waals surface area contributed by atoms with Crippen LogP contribution in [0.15, 0.2) is 35.7 Å². The van der Waals surface area contributed by atoms with Gasteiger partial charge in [0.15, 0.2) is 12.4 Å². The Kier molecular flexibility index (Phi) is 8.03. The Morgan fingerprint density at radius 2 is 1.86 bits per heavy atom. The number of halogens is 3. The lowest BCUT2D eigenvalue weighted by atomic mass is 9.95. The molecule has 0 spiro atoms. The fraction of sp³-hybridized carbons (Fsp3) is 0.391. The zero-order valence-electron chi connectivity index (χ0n) is 18.8. The molecule has 0 saturated carbocycles. The van der Waals surface area contributed by atoms with E-state index in [4.69, 9.17) is 0 Å². The largest absolute Gasteiger partial charge is 0.440 e. The second-order valence-corrected chi connectivity index (χ2v) is 10.2. The van der Waals surface area contributed by atoms with Crippen molar-refractivity contribution < 1.29 is 37.7 Å². The van der Waals surface area contributed by atoms with Gasteiger partial charge in [0.1, 0.15) is 10.0 Å². The predicted molar refractivity (Wildman–Crippen MR) is 125 cm³/mol. The number of likely N-dealkylation sites (tertiary alicyclic amines) is 1. The monoisotopic (exact) mass is 541 g/mol. The van der Waals surface area contributed by atoms with Crippen LogP contribution in [0.2, 0.25) is 0 Å². The van der Waals surface area contributed by atoms with Crippen LogP contribution in [-0.4, -0.2) is 62.3 Å². The van der Waals surface area contributed by atoms with Crippen LogP contribution in [0.3, 0.4) is 0 Å². The molecule has 2 atom stereocenters. The molecule has 1 aromatic carbocycles. The number of ether oxygens (including phenoxy) is 1. The van der Waals surface area contributed by atoms with E-state index in [1.807, 2.05) is 30.3 Å². The first-order valence-corrected chi connectivity index (χ1v) is 12.6. The normalized spacial score (nSPS) is 18.0. The fourth-order valence-corrected chi connectivity index (χ4v) is 5.84. The number of aliphatic hydroxyl groups is 2. The van der Waals surface area contributed by atoms with E-state index in [1.54, 1.807) is 5.38 Å². The lowest BCUT2D eigenvalue weighted by molar-refractivity contribution is -0.162. The van der Waals surface area contributed by atoms with Gasteiger partial charge in [0.25, 0.3) is 0 Å². The molecular weight excluding hydrogens is 519 g/mol. The van der Waals surface area contributed by atoms with E-state index in [9.17, 15) is 33.0 Å². The van der Waals surface area contributed by atoms with Gasteiger partial charge in [-0.3, -0.25) is 9.69 Å². The number of benzene rings is 1. The number of thiazole rings is 2. The molecule has 36 heavy (non-hydrogen) atoms. The number of alkyl halides is 3. The molecule has 0 unspecified atom stereocenters. The SMILES string of the molecule is O=C(Cc1nc(-c2sc(CO)nc2CO)cs1)[C@@H]1C[C@@H](c2ccccc2)CN1C(=O)OCC(F)(F)F. The third kappa shape index (κ3) is 6.09. The van der Waals surface area contributed by atoms with Gasteiger partial charge in [-0.25, -0.2) is 14.8 Å². The molecule has 192 valence electrons. The smallest absolute Gasteiger partial charge is 0.422 e. The molecule has 2 aromatic heterocycles. The number of ketones is 1. The summed E-state index contributed by atoms with van der Waals surface area (Å²) in [4.78, 5) is 36.0. The van der Waals surface area contributed by atoms with E-state index >= 15 is 0 Å². The Balaban J connectivity index is 1.51. The second-order valence-electron chi connectivity index (χ2n) is 8.15. The number of Topliss-reactive ketones (excluding diaryl/α,β-unsaturated/α-hetero) is 1. The third-order valence-corrected chi connectivity index (χ3v) is 7.63. The molecule has 4 rings (SSSR count). The molecule has 0 bridgehead atoms. The minimum Gasteiger partial charge on any atom is -0.440 e. The lowest BCUT2D eigenvalue weighted by Crippen LogP contribution is -2.42. The van der Waals surface area contributed by atoms with Crippen LogP contribution in [0.1, 0.15) is 33.6 Å². The minimum absolute atomic E-state index is 0.0604. The second kappa shape index (κ2) is 11.0. The van der Waals surface area contributed by atoms with Gasteiger partial charge in [0, 0.05) is 17.8 Å². The van der Waals surface area contributed by atoms with E-state index in [1.165, 1.54) is 22.7 Å². The summed E-state index contributed by atoms with van der Waals surface area (Å²) < 4.78 is 42.3. The van der Waals surface area contributed by atoms with Crippen LogP contribution < -0.4 is 0 Å². The highest BCUT2D eigenvalue weighted by Crippen LogP contribution is 2.35. The quantitative estimate of drug-likeness (QED) is 0.445. The first-order chi connectivity index (χ1) is 17.2. The van der Waals surface area contributed by atoms with Gasteiger partial charge in [-0.05, 0) is 12.0 Å². The summed E-state index contributed by atoms with van der Waals surface area (Å²) in [6.07, 6.45) is -5.73. The number of carbonyl (C=O) groups excluding carboxylic acids is 2. The molecule has 2 N–H and O–H groups in total. The van der Waals surface area contributed by atoms with E-state index in [0.717, 1.165) is 10.5 Å². The van der Waals surface area contributed by atoms with Crippen LogP contribution in [0.4, 0.5) is 18.0 Å². The fourth-order valence-electron chi connectivity index (χ4n) is 4.08. The van der Waals surface area contributed by atoms with Gasteiger partial charge < -0.3 is 14.9 Å². The summed E-state index contributed by atoms with van der Waals surface area (Å²) in [6.45, 7) is -2.29. The van der Waals surface area contributed by atoms with Gasteiger partial charge >= 0.3 is 12.3 Å². The average Bonchev–Trinajstić information content (AvgIpc) is 3.60. The van der Waals surface area contributed by atoms with Gasteiger partial charge in [0.2, 0.25) is 0 Å². The van der Waals surface area contributed by atoms with Crippen LogP contribution in [0.25, 0.3) is 10.6 Å². The summed E-state index contributed by atoms with van der Waals surface area (Å²) in [5, 5.41) is 21.4. The first-order valence-electron chi connectivity index (χ1n) is 10.9. The van der Waals surface area contributed by atoms with Crippen molar-refractivity contribution in [3.8, 4) is 10.6 Å². The molecule has 0 radical (unpaired) electrons. The van der Waals surface area contributed by atoms with Gasteiger partial charge in [-0.2, -0.15) is 13.2 Å². The van der Waals surface area contributed by atoms with Crippen LogP contribution >= 0.6 is 22.7 Å². The molecule has 1 aliphatic rings. The zero-order chi connectivity index (χ0) is 25.9. The number of aromatic nitrogens is 2. The van der Waals surface area contributed by atoms with Gasteiger partial charge in [-0.1, -0.05) is 30.3 Å². The number of rotatable bonds is 8. The zero-order valence-corrected chi connectivity index (χ0v) is 20.4. The molecule has 1 fully saturated rings. The molecule has 3 heterocycles. The number of hydrogen-bond donors (Lipinski definition) is 2. The van der Waals surface area contributed by atoms with Crippen molar-refractivity contribution >= 4 is 34.6 Å². The summed E-state index contributed by atoms with van der Waals surface area (Å²) in [6, 6.07) is 8.19. The summed E-state index contributed by atoms with van der Waals surface area (Å²) >= 11 is 2.39. The van der Waals surface area contributed by atoms with E-state index in [0.29, 0.717) is 26.3 Å². The number of amides is 1. The lowest BCUT2D eigenvalue weighted by Gasteiger charge is -2.23. The number of hydrogen-bond acceptors (Lipinski definition) is 9. The summed E-state index contributed by atoms with van der Waals surface area (Å²) in [5.74, 6) is -0.590. The molecule has 3 aromatic rings. The molecular formula is C23H22F3N3O5S2. The van der Waals surface area contributed by atoms with E-state index < -0.39 is 24.9 Å². The maximum absolute atomic E-state index is 13.2. The summed E-state index contributed by atoms with van der Waals surface area (Å²) in [7, 11) is 0. The molecule has 1 saturated heterocycles. The van der Waals surface area contributed by atoms with Crippen molar-refractivity contribution in [2.75, 3.05) is 13.2 Å². The van der Waals surface area contributed by atoms with Crippen molar-refractivity contribution in [1.29, 1.82) is 0 Å². The van der Waals surface area contributed by atoms with Crippen LogP contribution in [0.5, 0.6) is 0 Å². The van der Waals surface area contributed by atoms with E-state index in [-0.39, 0.29) is 44.3 Å². The number of carbonyl (C=O) groups is 2. The molecule has 1 aliphatic heterocycles. The highest BCUT2D eigenvalue weighted by molar-refractivity contribution is 7.16. The predicted octanol–water partition coefficient (Wildman–Crippen LogP) is 3.92. The highest BCUT2D eigenvalue weighted by Gasteiger charge is 2.42. The molecule has 8 nitrogen and oxygen atoms in total. The molecule has 1 amide bonds. The van der Waals surface area contributed by atoms with Gasteiger partial charge in [0.05, 0.1) is 41.9 Å². The van der Waals surface area contributed by atoms with Crippen LogP contribution in [-0.2, 0) is 29.2 Å². The third-order valence-electron chi connectivity index (χ3n) is 5.67. The Bertz CT molecular complexity index is 1220. The minimum atomic E-state index is -4.68. The standard InChI is InChI=1S/C23H22F3N3O5S2/c24-23(25,26)12-34-22(33)29-8-14(13-4-2-1-3-5-13)6-17(29)18(32)7-19-28-16(11-35-19)21-15(9-30)27-20(10-31)36-21/h1-5,11,14,17,30-31H,6-10,12H2/t14-,17+/m1/s1. The van der Waals surface area contributed by atoms with E-state index in [2.05, 4.69) is 14.7 Å². The Hall–Kier alpha value is -2.87. The molecule has 0 aliphatic carbocycles.